The smallest absolute Gasteiger partial charge is 0.231 e. The molecule has 1 fully saturated rings. The monoisotopic (exact) mass is 413 g/mol. The third kappa shape index (κ3) is 3.04. The number of para-hydroxylation sites is 1. The highest BCUT2D eigenvalue weighted by Gasteiger charge is 2.60. The molecular formula is C26H23NO4. The van der Waals surface area contributed by atoms with E-state index in [2.05, 4.69) is 5.32 Å². The summed E-state index contributed by atoms with van der Waals surface area (Å²) < 4.78 is 5.27. The van der Waals surface area contributed by atoms with Crippen molar-refractivity contribution in [2.24, 2.45) is 11.8 Å². The predicted octanol–water partition coefficient (Wildman–Crippen LogP) is 4.14. The Labute approximate surface area is 180 Å². The highest BCUT2D eigenvalue weighted by atomic mass is 16.5. The first-order valence-electron chi connectivity index (χ1n) is 10.4. The molecule has 0 unspecified atom stereocenters. The molecule has 0 bridgehead atoms. The Balaban J connectivity index is 1.69. The van der Waals surface area contributed by atoms with Gasteiger partial charge in [0.1, 0.15) is 11.4 Å². The van der Waals surface area contributed by atoms with E-state index in [9.17, 15) is 14.7 Å². The van der Waals surface area contributed by atoms with Crippen LogP contribution in [0.3, 0.4) is 0 Å². The van der Waals surface area contributed by atoms with Gasteiger partial charge in [-0.1, -0.05) is 54.6 Å². The minimum absolute atomic E-state index is 0.119. The minimum Gasteiger partial charge on any atom is -0.497 e. The summed E-state index contributed by atoms with van der Waals surface area (Å²) in [6.45, 7) is 0. The molecule has 0 radical (unpaired) electrons. The lowest BCUT2D eigenvalue weighted by Crippen LogP contribution is -2.41. The van der Waals surface area contributed by atoms with Gasteiger partial charge in [0.2, 0.25) is 5.91 Å². The van der Waals surface area contributed by atoms with E-state index in [1.807, 2.05) is 54.6 Å². The number of amides is 1. The van der Waals surface area contributed by atoms with Crippen LogP contribution in [0.25, 0.3) is 0 Å². The maximum absolute atomic E-state index is 13.8. The average Bonchev–Trinajstić information content (AvgIpc) is 3.08. The first-order chi connectivity index (χ1) is 15.0. The van der Waals surface area contributed by atoms with Crippen molar-refractivity contribution in [3.63, 3.8) is 0 Å². The van der Waals surface area contributed by atoms with E-state index >= 15 is 0 Å². The van der Waals surface area contributed by atoms with Crippen molar-refractivity contribution in [1.82, 2.24) is 0 Å². The summed E-state index contributed by atoms with van der Waals surface area (Å²) in [5, 5.41) is 14.8. The third-order valence-corrected chi connectivity index (χ3v) is 6.69. The Bertz CT molecular complexity index is 1140. The van der Waals surface area contributed by atoms with E-state index in [-0.39, 0.29) is 24.0 Å². The predicted molar refractivity (Wildman–Crippen MR) is 117 cm³/mol. The summed E-state index contributed by atoms with van der Waals surface area (Å²) in [7, 11) is 1.60. The van der Waals surface area contributed by atoms with E-state index in [1.165, 1.54) is 0 Å². The molecule has 31 heavy (non-hydrogen) atoms. The Kier molecular flexibility index (Phi) is 4.63. The summed E-state index contributed by atoms with van der Waals surface area (Å²) in [4.78, 5) is 27.2. The average molecular weight is 413 g/mol. The molecule has 1 heterocycles. The third-order valence-electron chi connectivity index (χ3n) is 6.69. The van der Waals surface area contributed by atoms with Gasteiger partial charge in [0.15, 0.2) is 5.78 Å². The summed E-state index contributed by atoms with van der Waals surface area (Å²) in [5.74, 6) is -1.63. The van der Waals surface area contributed by atoms with Gasteiger partial charge in [0.25, 0.3) is 0 Å². The Morgan fingerprint density at radius 3 is 2.32 bits per heavy atom. The highest BCUT2D eigenvalue weighted by molar-refractivity contribution is 6.12. The van der Waals surface area contributed by atoms with Crippen molar-refractivity contribution in [3.05, 3.63) is 95.6 Å². The van der Waals surface area contributed by atoms with Crippen LogP contribution in [-0.4, -0.2) is 23.9 Å². The van der Waals surface area contributed by atoms with E-state index in [0.29, 0.717) is 22.6 Å². The lowest BCUT2D eigenvalue weighted by Gasteiger charge is -2.30. The molecule has 156 valence electrons. The molecule has 0 saturated heterocycles. The van der Waals surface area contributed by atoms with Gasteiger partial charge in [0.05, 0.1) is 18.7 Å². The molecule has 2 N–H and O–H groups in total. The maximum Gasteiger partial charge on any atom is 0.231 e. The number of aliphatic hydroxyl groups is 1. The molecule has 3 aromatic rings. The summed E-state index contributed by atoms with van der Waals surface area (Å²) >= 11 is 0. The van der Waals surface area contributed by atoms with Crippen molar-refractivity contribution < 1.29 is 19.4 Å². The van der Waals surface area contributed by atoms with Crippen molar-refractivity contribution in [3.8, 4) is 5.75 Å². The molecule has 1 aliphatic carbocycles. The molecule has 0 spiro atoms. The van der Waals surface area contributed by atoms with Crippen molar-refractivity contribution in [1.29, 1.82) is 0 Å². The van der Waals surface area contributed by atoms with Gasteiger partial charge in [-0.3, -0.25) is 9.59 Å². The first-order valence-corrected chi connectivity index (χ1v) is 10.4. The molecule has 1 saturated carbocycles. The van der Waals surface area contributed by atoms with Gasteiger partial charge in [0, 0.05) is 11.5 Å². The number of fused-ring (bicyclic) bond motifs is 2. The lowest BCUT2D eigenvalue weighted by molar-refractivity contribution is -0.129. The number of carbonyl (C=O) groups excluding carboxylic acids is 2. The number of nitrogens with one attached hydrogen (secondary N) is 1. The van der Waals surface area contributed by atoms with E-state index in [1.54, 1.807) is 31.4 Å². The molecule has 0 aromatic heterocycles. The van der Waals surface area contributed by atoms with Crippen LogP contribution in [-0.2, 0) is 10.4 Å². The van der Waals surface area contributed by atoms with Gasteiger partial charge in [-0.15, -0.1) is 0 Å². The highest BCUT2D eigenvalue weighted by Crippen LogP contribution is 2.56. The molecule has 2 aliphatic rings. The fourth-order valence-corrected chi connectivity index (χ4v) is 5.23. The molecule has 1 aliphatic heterocycles. The number of benzene rings is 3. The fraction of sp³-hybridized carbons (Fsp3) is 0.231. The van der Waals surface area contributed by atoms with Gasteiger partial charge in [-0.25, -0.2) is 0 Å². The van der Waals surface area contributed by atoms with Crippen molar-refractivity contribution in [2.75, 3.05) is 12.4 Å². The second-order valence-corrected chi connectivity index (χ2v) is 8.28. The standard InChI is InChI=1S/C26H23NO4/c1-31-18-13-11-16(12-14-18)20-15-26(30,17-7-3-2-4-8-17)23-22(20)24(28)19-9-5-6-10-21(19)27-25(23)29/h2-14,20,22-23,30H,15H2,1H3,(H,27,29)/t20-,22-,23-,26+/m1/s1. The second kappa shape index (κ2) is 7.36. The zero-order chi connectivity index (χ0) is 21.6. The molecule has 4 atom stereocenters. The van der Waals surface area contributed by atoms with Gasteiger partial charge in [-0.2, -0.15) is 0 Å². The van der Waals surface area contributed by atoms with Crippen LogP contribution < -0.4 is 10.1 Å². The van der Waals surface area contributed by atoms with Crippen molar-refractivity contribution >= 4 is 17.4 Å². The number of anilines is 1. The normalized spacial score (nSPS) is 27.1. The van der Waals surface area contributed by atoms with Crippen LogP contribution in [0.5, 0.6) is 5.75 Å². The number of methoxy groups -OCH3 is 1. The SMILES string of the molecule is COc1ccc([C@H]2C[C@](O)(c3ccccc3)[C@H]3C(=O)Nc4ccccc4C(=O)[C@H]23)cc1. The Morgan fingerprint density at radius 1 is 0.935 bits per heavy atom. The zero-order valence-corrected chi connectivity index (χ0v) is 17.1. The number of ether oxygens (including phenoxy) is 1. The zero-order valence-electron chi connectivity index (χ0n) is 17.1. The number of hydrogen-bond acceptors (Lipinski definition) is 4. The van der Waals surface area contributed by atoms with Crippen LogP contribution in [0.1, 0.15) is 33.8 Å². The fourth-order valence-electron chi connectivity index (χ4n) is 5.23. The topological polar surface area (TPSA) is 75.6 Å². The van der Waals surface area contributed by atoms with Crippen LogP contribution >= 0.6 is 0 Å². The second-order valence-electron chi connectivity index (χ2n) is 8.28. The number of Topliss-reactive ketones (excluding diaryl/α,β-unsaturated/α-hetero) is 1. The summed E-state index contributed by atoms with van der Waals surface area (Å²) in [6.07, 6.45) is 0.278. The number of rotatable bonds is 3. The van der Waals surface area contributed by atoms with Crippen molar-refractivity contribution in [2.45, 2.75) is 17.9 Å². The van der Waals surface area contributed by atoms with Crippen LogP contribution in [0, 0.1) is 11.8 Å². The summed E-state index contributed by atoms with van der Waals surface area (Å²) in [5.41, 5.74) is 1.08. The van der Waals surface area contributed by atoms with E-state index in [4.69, 9.17) is 4.74 Å². The number of ketones is 1. The Hall–Kier alpha value is -3.44. The van der Waals surface area contributed by atoms with Crippen LogP contribution in [0.2, 0.25) is 0 Å². The Morgan fingerprint density at radius 2 is 1.61 bits per heavy atom. The van der Waals surface area contributed by atoms with Crippen LogP contribution in [0.15, 0.2) is 78.9 Å². The summed E-state index contributed by atoms with van der Waals surface area (Å²) in [6, 6.07) is 23.8. The van der Waals surface area contributed by atoms with Gasteiger partial charge in [-0.05, 0) is 47.7 Å². The van der Waals surface area contributed by atoms with Gasteiger partial charge < -0.3 is 15.2 Å². The lowest BCUT2D eigenvalue weighted by atomic mass is 9.77. The van der Waals surface area contributed by atoms with Gasteiger partial charge >= 0.3 is 0 Å². The van der Waals surface area contributed by atoms with E-state index < -0.39 is 17.4 Å². The number of hydrogen-bond donors (Lipinski definition) is 2. The molecule has 5 nitrogen and oxygen atoms in total. The minimum atomic E-state index is -1.46. The van der Waals surface area contributed by atoms with Crippen LogP contribution in [0.4, 0.5) is 5.69 Å². The first kappa shape index (κ1) is 19.5. The van der Waals surface area contributed by atoms with E-state index in [0.717, 1.165) is 5.56 Å². The number of carbonyl (C=O) groups is 2. The molecular weight excluding hydrogens is 390 g/mol. The largest absolute Gasteiger partial charge is 0.497 e. The maximum atomic E-state index is 13.8. The molecule has 1 amide bonds. The quantitative estimate of drug-likeness (QED) is 0.677. The molecule has 5 heteroatoms. The molecule has 5 rings (SSSR count). The molecule has 3 aromatic carbocycles.